The van der Waals surface area contributed by atoms with Gasteiger partial charge in [-0.1, -0.05) is 37.3 Å². The molecule has 0 saturated carbocycles. The molecule has 1 atom stereocenters. The fourth-order valence-corrected chi connectivity index (χ4v) is 1.20. The third-order valence-electron chi connectivity index (χ3n) is 1.98. The lowest BCUT2D eigenvalue weighted by Gasteiger charge is -2.05. The smallest absolute Gasteiger partial charge is 0.228 e. The van der Waals surface area contributed by atoms with Gasteiger partial charge in [-0.2, -0.15) is 12.6 Å². The molecule has 0 amide bonds. The Bertz CT molecular complexity index is 332. The fourth-order valence-electron chi connectivity index (χ4n) is 1.04. The Kier molecular flexibility index (Phi) is 3.89. The Morgan fingerprint density at radius 3 is 2.36 bits per heavy atom. The van der Waals surface area contributed by atoms with Crippen LogP contribution in [0, 0.1) is 5.92 Å². The first-order chi connectivity index (χ1) is 6.66. The Morgan fingerprint density at radius 2 is 1.86 bits per heavy atom. The van der Waals surface area contributed by atoms with E-state index < -0.39 is 5.78 Å². The normalized spacial score (nSPS) is 12.1. The Balaban J connectivity index is 2.82. The van der Waals surface area contributed by atoms with Gasteiger partial charge in [-0.3, -0.25) is 9.59 Å². The van der Waals surface area contributed by atoms with Gasteiger partial charge in [-0.05, 0) is 0 Å². The first-order valence-electron chi connectivity index (χ1n) is 4.41. The molecule has 2 nitrogen and oxygen atoms in total. The number of thiol groups is 1. The summed E-state index contributed by atoms with van der Waals surface area (Å²) in [6, 6.07) is 8.58. The van der Waals surface area contributed by atoms with Crippen LogP contribution in [0.25, 0.3) is 0 Å². The van der Waals surface area contributed by atoms with Gasteiger partial charge in [0.25, 0.3) is 0 Å². The molecule has 0 spiro atoms. The third-order valence-corrected chi connectivity index (χ3v) is 2.53. The first-order valence-corrected chi connectivity index (χ1v) is 5.04. The molecule has 1 aromatic rings. The highest BCUT2D eigenvalue weighted by atomic mass is 32.1. The van der Waals surface area contributed by atoms with E-state index >= 15 is 0 Å². The Hall–Kier alpha value is -1.09. The maximum Gasteiger partial charge on any atom is 0.228 e. The maximum atomic E-state index is 11.6. The van der Waals surface area contributed by atoms with Crippen molar-refractivity contribution in [2.45, 2.75) is 6.92 Å². The molecular formula is C11H12O2S. The van der Waals surface area contributed by atoms with Crippen molar-refractivity contribution >= 4 is 24.2 Å². The Morgan fingerprint density at radius 1 is 1.29 bits per heavy atom. The number of rotatable bonds is 4. The van der Waals surface area contributed by atoms with Crippen LogP contribution in [-0.2, 0) is 4.79 Å². The van der Waals surface area contributed by atoms with Crippen molar-refractivity contribution in [3.05, 3.63) is 35.9 Å². The summed E-state index contributed by atoms with van der Waals surface area (Å²) >= 11 is 3.99. The molecule has 0 aliphatic carbocycles. The van der Waals surface area contributed by atoms with Gasteiger partial charge in [0.05, 0.1) is 0 Å². The minimum Gasteiger partial charge on any atom is -0.290 e. The largest absolute Gasteiger partial charge is 0.290 e. The summed E-state index contributed by atoms with van der Waals surface area (Å²) in [5.74, 6) is -0.707. The standard InChI is InChI=1S/C11H12O2S/c1-8(7-14)10(12)11(13)9-5-3-2-4-6-9/h2-6,8,14H,7H2,1H3. The SMILES string of the molecule is CC(CS)C(=O)C(=O)c1ccccc1. The minimum atomic E-state index is -0.424. The number of carbonyl (C=O) groups is 2. The van der Waals surface area contributed by atoms with Crippen LogP contribution >= 0.6 is 12.6 Å². The van der Waals surface area contributed by atoms with Crippen LogP contribution in [0.5, 0.6) is 0 Å². The van der Waals surface area contributed by atoms with Crippen molar-refractivity contribution in [3.8, 4) is 0 Å². The molecule has 0 aliphatic heterocycles. The van der Waals surface area contributed by atoms with E-state index in [0.29, 0.717) is 11.3 Å². The van der Waals surface area contributed by atoms with E-state index in [9.17, 15) is 9.59 Å². The molecule has 0 aliphatic rings. The van der Waals surface area contributed by atoms with Crippen LogP contribution in [0.3, 0.4) is 0 Å². The summed E-state index contributed by atoms with van der Waals surface area (Å²) in [7, 11) is 0. The van der Waals surface area contributed by atoms with Crippen LogP contribution in [-0.4, -0.2) is 17.3 Å². The van der Waals surface area contributed by atoms with Crippen LogP contribution in [0.4, 0.5) is 0 Å². The van der Waals surface area contributed by atoms with E-state index in [1.165, 1.54) is 0 Å². The van der Waals surface area contributed by atoms with Gasteiger partial charge in [-0.25, -0.2) is 0 Å². The lowest BCUT2D eigenvalue weighted by atomic mass is 10.00. The number of hydrogen-bond acceptors (Lipinski definition) is 3. The van der Waals surface area contributed by atoms with Gasteiger partial charge in [0.15, 0.2) is 0 Å². The van der Waals surface area contributed by atoms with Gasteiger partial charge in [0.1, 0.15) is 0 Å². The van der Waals surface area contributed by atoms with Crippen LogP contribution in [0.1, 0.15) is 17.3 Å². The zero-order valence-corrected chi connectivity index (χ0v) is 8.83. The van der Waals surface area contributed by atoms with E-state index in [-0.39, 0.29) is 11.7 Å². The van der Waals surface area contributed by atoms with Crippen molar-refractivity contribution in [1.82, 2.24) is 0 Å². The second kappa shape index (κ2) is 4.96. The van der Waals surface area contributed by atoms with Gasteiger partial charge in [-0.15, -0.1) is 0 Å². The topological polar surface area (TPSA) is 34.1 Å². The van der Waals surface area contributed by atoms with E-state index in [0.717, 1.165) is 0 Å². The lowest BCUT2D eigenvalue weighted by molar-refractivity contribution is -0.117. The number of benzene rings is 1. The maximum absolute atomic E-state index is 11.6. The molecule has 14 heavy (non-hydrogen) atoms. The molecule has 0 saturated heterocycles. The fraction of sp³-hybridized carbons (Fsp3) is 0.273. The van der Waals surface area contributed by atoms with Gasteiger partial charge in [0.2, 0.25) is 11.6 Å². The summed E-state index contributed by atoms with van der Waals surface area (Å²) in [6.45, 7) is 1.70. The molecular weight excluding hydrogens is 196 g/mol. The van der Waals surface area contributed by atoms with E-state index in [2.05, 4.69) is 12.6 Å². The second-order valence-electron chi connectivity index (χ2n) is 3.14. The average molecular weight is 208 g/mol. The number of Topliss-reactive ketones (excluding diaryl/α,β-unsaturated/α-hetero) is 2. The molecule has 0 N–H and O–H groups in total. The second-order valence-corrected chi connectivity index (χ2v) is 3.51. The molecule has 1 unspecified atom stereocenters. The van der Waals surface area contributed by atoms with E-state index in [1.54, 1.807) is 31.2 Å². The van der Waals surface area contributed by atoms with Crippen molar-refractivity contribution < 1.29 is 9.59 Å². The molecule has 0 heterocycles. The Labute approximate surface area is 88.7 Å². The average Bonchev–Trinajstić information content (AvgIpc) is 2.27. The van der Waals surface area contributed by atoms with Crippen LogP contribution in [0.15, 0.2) is 30.3 Å². The van der Waals surface area contributed by atoms with E-state index in [4.69, 9.17) is 0 Å². The first kappa shape index (κ1) is 11.0. The third kappa shape index (κ3) is 2.45. The molecule has 3 heteroatoms. The summed E-state index contributed by atoms with van der Waals surface area (Å²) in [4.78, 5) is 23.0. The summed E-state index contributed by atoms with van der Waals surface area (Å²) in [5, 5.41) is 0. The molecule has 0 radical (unpaired) electrons. The lowest BCUT2D eigenvalue weighted by Crippen LogP contribution is -2.22. The molecule has 1 rings (SSSR count). The summed E-state index contributed by atoms with van der Waals surface area (Å²) < 4.78 is 0. The summed E-state index contributed by atoms with van der Waals surface area (Å²) in [5.41, 5.74) is 0.450. The van der Waals surface area contributed by atoms with Crippen molar-refractivity contribution in [2.24, 2.45) is 5.92 Å². The number of carbonyl (C=O) groups excluding carboxylic acids is 2. The molecule has 0 aromatic heterocycles. The minimum absolute atomic E-state index is 0.314. The highest BCUT2D eigenvalue weighted by Crippen LogP contribution is 2.07. The van der Waals surface area contributed by atoms with Crippen LogP contribution in [0.2, 0.25) is 0 Å². The van der Waals surface area contributed by atoms with Crippen molar-refractivity contribution in [3.63, 3.8) is 0 Å². The monoisotopic (exact) mass is 208 g/mol. The van der Waals surface area contributed by atoms with Gasteiger partial charge < -0.3 is 0 Å². The van der Waals surface area contributed by atoms with Crippen molar-refractivity contribution in [1.29, 1.82) is 0 Å². The predicted molar refractivity (Wildman–Crippen MR) is 58.8 cm³/mol. The quantitative estimate of drug-likeness (QED) is 0.466. The van der Waals surface area contributed by atoms with Crippen LogP contribution < -0.4 is 0 Å². The zero-order valence-electron chi connectivity index (χ0n) is 7.93. The van der Waals surface area contributed by atoms with Gasteiger partial charge in [0, 0.05) is 17.2 Å². The zero-order chi connectivity index (χ0) is 10.6. The predicted octanol–water partition coefficient (Wildman–Crippen LogP) is 2.00. The molecule has 74 valence electrons. The number of ketones is 2. The van der Waals surface area contributed by atoms with E-state index in [1.807, 2.05) is 6.07 Å². The highest BCUT2D eigenvalue weighted by Gasteiger charge is 2.20. The molecule has 0 bridgehead atoms. The van der Waals surface area contributed by atoms with Gasteiger partial charge >= 0.3 is 0 Å². The number of hydrogen-bond donors (Lipinski definition) is 1. The molecule has 0 fully saturated rings. The highest BCUT2D eigenvalue weighted by molar-refractivity contribution is 7.80. The molecule has 1 aromatic carbocycles. The summed E-state index contributed by atoms with van der Waals surface area (Å²) in [6.07, 6.45) is 0. The van der Waals surface area contributed by atoms with Crippen molar-refractivity contribution in [2.75, 3.05) is 5.75 Å².